The zero-order valence-electron chi connectivity index (χ0n) is 16.6. The van der Waals surface area contributed by atoms with E-state index >= 15 is 0 Å². The lowest BCUT2D eigenvalue weighted by Gasteiger charge is -2.31. The fourth-order valence-corrected chi connectivity index (χ4v) is 4.46. The van der Waals surface area contributed by atoms with Crippen LogP contribution in [0.5, 0.6) is 0 Å². The Labute approximate surface area is 176 Å². The number of halogens is 3. The average Bonchev–Trinajstić information content (AvgIpc) is 3.39. The minimum atomic E-state index is -4.49. The highest BCUT2D eigenvalue weighted by molar-refractivity contribution is 6.01. The van der Waals surface area contributed by atoms with Crippen LogP contribution in [-0.4, -0.2) is 39.8 Å². The van der Waals surface area contributed by atoms with E-state index in [0.717, 1.165) is 18.2 Å². The SMILES string of the molecule is O=C(C1=CNC2C=CC=CC12)C1CCC(Nc2cccc3nc(C(F)(F)F)cn23)CN1. The zero-order valence-corrected chi connectivity index (χ0v) is 16.6. The number of anilines is 1. The molecule has 0 saturated carbocycles. The maximum atomic E-state index is 13.0. The molecule has 2 aromatic rings. The number of ketones is 1. The number of alkyl halides is 3. The van der Waals surface area contributed by atoms with Gasteiger partial charge in [0.2, 0.25) is 0 Å². The number of piperidine rings is 1. The van der Waals surface area contributed by atoms with Crippen molar-refractivity contribution in [3.05, 3.63) is 66.2 Å². The van der Waals surface area contributed by atoms with Gasteiger partial charge >= 0.3 is 6.18 Å². The van der Waals surface area contributed by atoms with E-state index in [1.807, 2.05) is 24.4 Å². The van der Waals surface area contributed by atoms with E-state index in [1.165, 1.54) is 4.40 Å². The molecule has 9 heteroatoms. The maximum absolute atomic E-state index is 13.0. The molecule has 0 radical (unpaired) electrons. The highest BCUT2D eigenvalue weighted by Gasteiger charge is 2.36. The number of pyridine rings is 1. The predicted molar refractivity (Wildman–Crippen MR) is 110 cm³/mol. The molecule has 4 atom stereocenters. The molecule has 2 aliphatic heterocycles. The normalized spacial score (nSPS) is 27.6. The van der Waals surface area contributed by atoms with Gasteiger partial charge in [-0.25, -0.2) is 4.98 Å². The molecular weight excluding hydrogens is 407 g/mol. The van der Waals surface area contributed by atoms with Crippen LogP contribution in [0.3, 0.4) is 0 Å². The zero-order chi connectivity index (χ0) is 21.6. The molecule has 6 nitrogen and oxygen atoms in total. The number of carbonyl (C=O) groups excluding carboxylic acids is 1. The molecule has 3 N–H and O–H groups in total. The molecule has 1 fully saturated rings. The second-order valence-corrected chi connectivity index (χ2v) is 8.09. The van der Waals surface area contributed by atoms with Crippen LogP contribution in [0.1, 0.15) is 18.5 Å². The van der Waals surface area contributed by atoms with Crippen molar-refractivity contribution in [2.24, 2.45) is 5.92 Å². The van der Waals surface area contributed by atoms with Crippen molar-refractivity contribution in [3.8, 4) is 0 Å². The number of rotatable bonds is 4. The molecule has 2 aromatic heterocycles. The summed E-state index contributed by atoms with van der Waals surface area (Å²) in [7, 11) is 0. The van der Waals surface area contributed by atoms with Gasteiger partial charge in [0.05, 0.1) is 12.1 Å². The lowest BCUT2D eigenvalue weighted by atomic mass is 9.85. The third-order valence-corrected chi connectivity index (χ3v) is 6.08. The van der Waals surface area contributed by atoms with Gasteiger partial charge in [0.25, 0.3) is 0 Å². The van der Waals surface area contributed by atoms with Crippen LogP contribution in [0.4, 0.5) is 19.0 Å². The molecule has 0 spiro atoms. The van der Waals surface area contributed by atoms with E-state index in [9.17, 15) is 18.0 Å². The van der Waals surface area contributed by atoms with E-state index in [1.54, 1.807) is 18.2 Å². The van der Waals surface area contributed by atoms with Crippen molar-refractivity contribution in [2.75, 3.05) is 11.9 Å². The summed E-state index contributed by atoms with van der Waals surface area (Å²) in [5.41, 5.74) is 0.105. The number of hydrogen-bond acceptors (Lipinski definition) is 5. The third-order valence-electron chi connectivity index (χ3n) is 6.08. The maximum Gasteiger partial charge on any atom is 0.434 e. The van der Waals surface area contributed by atoms with E-state index in [2.05, 4.69) is 27.0 Å². The van der Waals surface area contributed by atoms with Crippen LogP contribution in [0.2, 0.25) is 0 Å². The number of Topliss-reactive ketones (excluding diaryl/α,β-unsaturated/α-hetero) is 1. The summed E-state index contributed by atoms with van der Waals surface area (Å²) < 4.78 is 40.5. The molecule has 162 valence electrons. The number of allylic oxidation sites excluding steroid dienone is 2. The van der Waals surface area contributed by atoms with Gasteiger partial charge in [-0.05, 0) is 25.0 Å². The first-order valence-corrected chi connectivity index (χ1v) is 10.3. The molecule has 4 heterocycles. The number of fused-ring (bicyclic) bond motifs is 2. The molecule has 0 amide bonds. The smallest absolute Gasteiger partial charge is 0.383 e. The predicted octanol–water partition coefficient (Wildman–Crippen LogP) is 3.05. The highest BCUT2D eigenvalue weighted by atomic mass is 19.4. The van der Waals surface area contributed by atoms with Gasteiger partial charge in [-0.2, -0.15) is 13.2 Å². The van der Waals surface area contributed by atoms with Gasteiger partial charge in [-0.3, -0.25) is 9.20 Å². The molecular formula is C22H22F3N5O. The van der Waals surface area contributed by atoms with Gasteiger partial charge in [-0.1, -0.05) is 30.4 Å². The number of hydrogen-bond donors (Lipinski definition) is 3. The Kier molecular flexibility index (Phi) is 4.85. The first kappa shape index (κ1) is 19.9. The molecule has 3 aliphatic rings. The molecule has 5 rings (SSSR count). The molecule has 31 heavy (non-hydrogen) atoms. The Morgan fingerprint density at radius 3 is 2.81 bits per heavy atom. The fraction of sp³-hybridized carbons (Fsp3) is 0.364. The quantitative estimate of drug-likeness (QED) is 0.697. The number of aromatic nitrogens is 2. The summed E-state index contributed by atoms with van der Waals surface area (Å²) in [6.07, 6.45) is 7.75. The van der Waals surface area contributed by atoms with Gasteiger partial charge < -0.3 is 16.0 Å². The molecule has 1 saturated heterocycles. The van der Waals surface area contributed by atoms with Crippen molar-refractivity contribution in [3.63, 3.8) is 0 Å². The van der Waals surface area contributed by atoms with Crippen molar-refractivity contribution in [1.29, 1.82) is 0 Å². The van der Waals surface area contributed by atoms with Crippen LogP contribution in [0.15, 0.2) is 60.5 Å². The van der Waals surface area contributed by atoms with E-state index in [4.69, 9.17) is 0 Å². The monoisotopic (exact) mass is 429 g/mol. The lowest BCUT2D eigenvalue weighted by Crippen LogP contribution is -2.49. The summed E-state index contributed by atoms with van der Waals surface area (Å²) >= 11 is 0. The number of imidazole rings is 1. The van der Waals surface area contributed by atoms with E-state index in [0.29, 0.717) is 18.8 Å². The average molecular weight is 429 g/mol. The molecule has 0 aromatic carbocycles. The second kappa shape index (κ2) is 7.56. The Balaban J connectivity index is 1.24. The molecule has 0 bridgehead atoms. The molecule has 1 aliphatic carbocycles. The topological polar surface area (TPSA) is 70.5 Å². The minimum absolute atomic E-state index is 0.00710. The van der Waals surface area contributed by atoms with Crippen molar-refractivity contribution < 1.29 is 18.0 Å². The summed E-state index contributed by atoms with van der Waals surface area (Å²) in [5, 5.41) is 9.86. The summed E-state index contributed by atoms with van der Waals surface area (Å²) in [6.45, 7) is 0.540. The first-order chi connectivity index (χ1) is 14.9. The standard InChI is InChI=1S/C22H22F3N5O/c23-22(24,25)18-12-30-19(6-3-7-20(30)29-18)28-13-8-9-17(26-10-13)21(31)15-11-27-16-5-2-1-4-14(15)16/h1-7,11-14,16-17,26-28H,8-10H2. The second-order valence-electron chi connectivity index (χ2n) is 8.09. The minimum Gasteiger partial charge on any atom is -0.383 e. The van der Waals surface area contributed by atoms with Crippen LogP contribution in [-0.2, 0) is 11.0 Å². The van der Waals surface area contributed by atoms with Crippen LogP contribution < -0.4 is 16.0 Å². The Morgan fingerprint density at radius 2 is 2.03 bits per heavy atom. The van der Waals surface area contributed by atoms with Crippen molar-refractivity contribution in [1.82, 2.24) is 20.0 Å². The Morgan fingerprint density at radius 1 is 1.19 bits per heavy atom. The van der Waals surface area contributed by atoms with Gasteiger partial charge in [0.15, 0.2) is 11.5 Å². The van der Waals surface area contributed by atoms with Crippen LogP contribution in [0.25, 0.3) is 5.65 Å². The Hall–Kier alpha value is -3.07. The van der Waals surface area contributed by atoms with E-state index < -0.39 is 11.9 Å². The van der Waals surface area contributed by atoms with E-state index in [-0.39, 0.29) is 35.5 Å². The summed E-state index contributed by atoms with van der Waals surface area (Å²) in [4.78, 5) is 16.7. The summed E-state index contributed by atoms with van der Waals surface area (Å²) in [5.74, 6) is 0.712. The van der Waals surface area contributed by atoms with Crippen molar-refractivity contribution in [2.45, 2.75) is 37.1 Å². The van der Waals surface area contributed by atoms with Crippen molar-refractivity contribution >= 4 is 17.2 Å². The number of nitrogens with zero attached hydrogens (tertiary/aromatic N) is 2. The number of nitrogens with one attached hydrogen (secondary N) is 3. The van der Waals surface area contributed by atoms with Gasteiger partial charge in [0, 0.05) is 36.5 Å². The fourth-order valence-electron chi connectivity index (χ4n) is 4.46. The van der Waals surface area contributed by atoms with Gasteiger partial charge in [0.1, 0.15) is 11.5 Å². The van der Waals surface area contributed by atoms with Gasteiger partial charge in [-0.15, -0.1) is 0 Å². The summed E-state index contributed by atoms with van der Waals surface area (Å²) in [6, 6.07) is 4.82. The third kappa shape index (κ3) is 3.74. The highest BCUT2D eigenvalue weighted by Crippen LogP contribution is 2.31. The largest absolute Gasteiger partial charge is 0.434 e. The first-order valence-electron chi connectivity index (χ1n) is 10.3. The lowest BCUT2D eigenvalue weighted by molar-refractivity contribution is -0.140. The molecule has 4 unspecified atom stereocenters. The van der Waals surface area contributed by atoms with Crippen LogP contribution >= 0.6 is 0 Å². The number of carbonyl (C=O) groups is 1. The Bertz CT molecular complexity index is 1090. The van der Waals surface area contributed by atoms with Crippen LogP contribution in [0, 0.1) is 5.92 Å².